The van der Waals surface area contributed by atoms with Gasteiger partial charge < -0.3 is 14.4 Å². The molecular weight excluding hydrogens is 402 g/mol. The standard InChI is InChI=1S/C24H28F2N2O3/c1-17-21(9-6-10-22(17)30-2)23(29)27-12-20(13-27)28-16-24(25,26)11-19(28)15-31-14-18-7-4-3-5-8-18/h3-10,19-20H,11-16H2,1-2H3/t19-/m0/s1. The van der Waals surface area contributed by atoms with Crippen LogP contribution in [0.25, 0.3) is 0 Å². The second kappa shape index (κ2) is 8.93. The molecule has 2 saturated heterocycles. The van der Waals surface area contributed by atoms with Crippen LogP contribution >= 0.6 is 0 Å². The van der Waals surface area contributed by atoms with Crippen molar-refractivity contribution in [2.45, 2.75) is 38.0 Å². The fraction of sp³-hybridized carbons (Fsp3) is 0.458. The van der Waals surface area contributed by atoms with Crippen molar-refractivity contribution in [2.75, 3.05) is 33.4 Å². The van der Waals surface area contributed by atoms with E-state index in [0.29, 0.717) is 31.0 Å². The minimum absolute atomic E-state index is 0.0754. The van der Waals surface area contributed by atoms with Crippen molar-refractivity contribution in [3.63, 3.8) is 0 Å². The van der Waals surface area contributed by atoms with Gasteiger partial charge in [-0.15, -0.1) is 0 Å². The van der Waals surface area contributed by atoms with Crippen LogP contribution in [0.4, 0.5) is 8.78 Å². The Bertz CT molecular complexity index is 916. The van der Waals surface area contributed by atoms with Gasteiger partial charge in [-0.2, -0.15) is 0 Å². The van der Waals surface area contributed by atoms with Crippen LogP contribution in [0.1, 0.15) is 27.9 Å². The highest BCUT2D eigenvalue weighted by molar-refractivity contribution is 5.96. The molecule has 0 unspecified atom stereocenters. The number of hydrogen-bond donors (Lipinski definition) is 0. The van der Waals surface area contributed by atoms with E-state index in [2.05, 4.69) is 0 Å². The molecule has 2 aromatic rings. The maximum atomic E-state index is 14.2. The highest BCUT2D eigenvalue weighted by Gasteiger charge is 2.50. The van der Waals surface area contributed by atoms with Gasteiger partial charge in [0.25, 0.3) is 11.8 Å². The molecule has 4 rings (SSSR count). The van der Waals surface area contributed by atoms with Gasteiger partial charge in [0.05, 0.1) is 26.9 Å². The van der Waals surface area contributed by atoms with E-state index >= 15 is 0 Å². The number of amides is 1. The van der Waals surface area contributed by atoms with Crippen molar-refractivity contribution >= 4 is 5.91 Å². The Labute approximate surface area is 181 Å². The molecule has 166 valence electrons. The summed E-state index contributed by atoms with van der Waals surface area (Å²) in [5.41, 5.74) is 2.40. The van der Waals surface area contributed by atoms with Crippen molar-refractivity contribution in [1.29, 1.82) is 0 Å². The number of nitrogens with zero attached hydrogens (tertiary/aromatic N) is 2. The molecule has 31 heavy (non-hydrogen) atoms. The van der Waals surface area contributed by atoms with E-state index in [1.807, 2.05) is 48.2 Å². The second-order valence-corrected chi connectivity index (χ2v) is 8.38. The maximum absolute atomic E-state index is 14.2. The molecule has 0 bridgehead atoms. The lowest BCUT2D eigenvalue weighted by Crippen LogP contribution is -2.62. The molecule has 0 aromatic heterocycles. The van der Waals surface area contributed by atoms with Crippen LogP contribution in [0.3, 0.4) is 0 Å². The maximum Gasteiger partial charge on any atom is 0.262 e. The third kappa shape index (κ3) is 4.72. The van der Waals surface area contributed by atoms with Gasteiger partial charge in [-0.1, -0.05) is 36.4 Å². The first-order valence-electron chi connectivity index (χ1n) is 10.6. The van der Waals surface area contributed by atoms with E-state index in [1.54, 1.807) is 24.1 Å². The van der Waals surface area contributed by atoms with E-state index in [0.717, 1.165) is 11.1 Å². The smallest absolute Gasteiger partial charge is 0.262 e. The number of benzene rings is 2. The van der Waals surface area contributed by atoms with Crippen molar-refractivity contribution < 1.29 is 23.0 Å². The lowest BCUT2D eigenvalue weighted by molar-refractivity contribution is -0.0161. The van der Waals surface area contributed by atoms with Crippen LogP contribution in [-0.4, -0.2) is 67.1 Å². The molecule has 5 nitrogen and oxygen atoms in total. The molecule has 0 N–H and O–H groups in total. The van der Waals surface area contributed by atoms with Crippen LogP contribution < -0.4 is 4.74 Å². The number of carbonyl (C=O) groups excluding carboxylic acids is 1. The summed E-state index contributed by atoms with van der Waals surface area (Å²) in [4.78, 5) is 16.4. The Morgan fingerprint density at radius 3 is 2.58 bits per heavy atom. The zero-order valence-corrected chi connectivity index (χ0v) is 17.9. The summed E-state index contributed by atoms with van der Waals surface area (Å²) >= 11 is 0. The molecule has 0 saturated carbocycles. The van der Waals surface area contributed by atoms with E-state index in [4.69, 9.17) is 9.47 Å². The highest BCUT2D eigenvalue weighted by atomic mass is 19.3. The average Bonchev–Trinajstić information content (AvgIpc) is 3.01. The Morgan fingerprint density at radius 2 is 1.87 bits per heavy atom. The molecule has 7 heteroatoms. The van der Waals surface area contributed by atoms with Crippen LogP contribution in [0.2, 0.25) is 0 Å². The van der Waals surface area contributed by atoms with E-state index in [-0.39, 0.29) is 37.6 Å². The molecule has 2 aliphatic heterocycles. The first-order chi connectivity index (χ1) is 14.9. The minimum Gasteiger partial charge on any atom is -0.496 e. The summed E-state index contributed by atoms with van der Waals surface area (Å²) in [6.45, 7) is 3.12. The molecule has 1 atom stereocenters. The summed E-state index contributed by atoms with van der Waals surface area (Å²) in [6.07, 6.45) is -0.207. The SMILES string of the molecule is COc1cccc(C(=O)N2CC(N3CC(F)(F)C[C@H]3COCc3ccccc3)C2)c1C. The summed E-state index contributed by atoms with van der Waals surface area (Å²) < 4.78 is 39.4. The summed E-state index contributed by atoms with van der Waals surface area (Å²) in [6, 6.07) is 14.7. The largest absolute Gasteiger partial charge is 0.496 e. The zero-order valence-electron chi connectivity index (χ0n) is 17.9. The average molecular weight is 430 g/mol. The first kappa shape index (κ1) is 21.7. The monoisotopic (exact) mass is 430 g/mol. The molecule has 0 spiro atoms. The fourth-order valence-electron chi connectivity index (χ4n) is 4.46. The zero-order chi connectivity index (χ0) is 22.0. The van der Waals surface area contributed by atoms with Gasteiger partial charge in [-0.25, -0.2) is 8.78 Å². The number of carbonyl (C=O) groups is 1. The van der Waals surface area contributed by atoms with Crippen LogP contribution in [0, 0.1) is 6.92 Å². The van der Waals surface area contributed by atoms with Gasteiger partial charge in [0, 0.05) is 42.7 Å². The number of hydrogen-bond acceptors (Lipinski definition) is 4. The number of ether oxygens (including phenoxy) is 2. The molecule has 2 aliphatic rings. The summed E-state index contributed by atoms with van der Waals surface area (Å²) in [7, 11) is 1.57. The Kier molecular flexibility index (Phi) is 6.25. The molecule has 1 amide bonds. The van der Waals surface area contributed by atoms with Gasteiger partial charge in [0.15, 0.2) is 0 Å². The lowest BCUT2D eigenvalue weighted by Gasteiger charge is -2.46. The van der Waals surface area contributed by atoms with Gasteiger partial charge >= 0.3 is 0 Å². The molecule has 0 aliphatic carbocycles. The van der Waals surface area contributed by atoms with Crippen molar-refractivity contribution in [1.82, 2.24) is 9.80 Å². The van der Waals surface area contributed by atoms with Crippen LogP contribution in [0.5, 0.6) is 5.75 Å². The number of alkyl halides is 2. The van der Waals surface area contributed by atoms with E-state index < -0.39 is 5.92 Å². The summed E-state index contributed by atoms with van der Waals surface area (Å²) in [5.74, 6) is -2.15. The van der Waals surface area contributed by atoms with Gasteiger partial charge in [-0.3, -0.25) is 9.69 Å². The Balaban J connectivity index is 1.35. The number of halogens is 2. The minimum atomic E-state index is -2.73. The van der Waals surface area contributed by atoms with Gasteiger partial charge in [0.2, 0.25) is 0 Å². The van der Waals surface area contributed by atoms with E-state index in [9.17, 15) is 13.6 Å². The highest BCUT2D eigenvalue weighted by Crippen LogP contribution is 2.36. The Morgan fingerprint density at radius 1 is 1.13 bits per heavy atom. The van der Waals surface area contributed by atoms with Crippen LogP contribution in [0.15, 0.2) is 48.5 Å². The molecule has 0 radical (unpaired) electrons. The number of rotatable bonds is 7. The summed E-state index contributed by atoms with van der Waals surface area (Å²) in [5, 5.41) is 0. The molecule has 2 aromatic carbocycles. The van der Waals surface area contributed by atoms with Gasteiger partial charge in [0.1, 0.15) is 5.75 Å². The predicted molar refractivity (Wildman–Crippen MR) is 114 cm³/mol. The van der Waals surface area contributed by atoms with Crippen LogP contribution in [-0.2, 0) is 11.3 Å². The molecule has 2 fully saturated rings. The van der Waals surface area contributed by atoms with E-state index in [1.165, 1.54) is 0 Å². The number of likely N-dealkylation sites (tertiary alicyclic amines) is 2. The predicted octanol–water partition coefficient (Wildman–Crippen LogP) is 3.75. The molecular formula is C24H28F2N2O3. The number of methoxy groups -OCH3 is 1. The normalized spacial score (nSPS) is 21.2. The first-order valence-corrected chi connectivity index (χ1v) is 10.6. The van der Waals surface area contributed by atoms with Crippen molar-refractivity contribution in [2.24, 2.45) is 0 Å². The van der Waals surface area contributed by atoms with Gasteiger partial charge in [-0.05, 0) is 24.6 Å². The Hall–Kier alpha value is -2.51. The topological polar surface area (TPSA) is 42.0 Å². The second-order valence-electron chi connectivity index (χ2n) is 8.38. The molecule has 2 heterocycles. The van der Waals surface area contributed by atoms with Crippen molar-refractivity contribution in [3.8, 4) is 5.75 Å². The third-order valence-electron chi connectivity index (χ3n) is 6.19. The van der Waals surface area contributed by atoms with Crippen molar-refractivity contribution in [3.05, 3.63) is 65.2 Å². The lowest BCUT2D eigenvalue weighted by atomic mass is 10.0. The quantitative estimate of drug-likeness (QED) is 0.671. The third-order valence-corrected chi connectivity index (χ3v) is 6.19. The fourth-order valence-corrected chi connectivity index (χ4v) is 4.46.